The number of imide groups is 1. The van der Waals surface area contributed by atoms with Gasteiger partial charge in [-0.3, -0.25) is 9.59 Å². The Kier molecular flexibility index (Phi) is 4.99. The van der Waals surface area contributed by atoms with E-state index in [1.54, 1.807) is 31.2 Å². The molecule has 2 N–H and O–H groups in total. The number of hydrogen-bond donors (Lipinski definition) is 2. The van der Waals surface area contributed by atoms with Crippen molar-refractivity contribution in [1.29, 1.82) is 0 Å². The molecule has 1 spiro atoms. The van der Waals surface area contributed by atoms with E-state index >= 15 is 0 Å². The minimum Gasteiger partial charge on any atom is -0.324 e. The van der Waals surface area contributed by atoms with Crippen LogP contribution in [0, 0.1) is 0 Å². The third-order valence-corrected chi connectivity index (χ3v) is 5.24. The molecule has 1 heterocycles. The zero-order valence-electron chi connectivity index (χ0n) is 14.2. The third kappa shape index (κ3) is 3.49. The second-order valence-corrected chi connectivity index (χ2v) is 7.21. The Balaban J connectivity index is 1.74. The minimum atomic E-state index is -0.894. The summed E-state index contributed by atoms with van der Waals surface area (Å²) < 4.78 is 0. The molecule has 0 bridgehead atoms. The van der Waals surface area contributed by atoms with E-state index in [9.17, 15) is 14.4 Å². The van der Waals surface area contributed by atoms with Crippen molar-refractivity contribution < 1.29 is 14.4 Å². The molecule has 134 valence electrons. The predicted molar refractivity (Wildman–Crippen MR) is 95.4 cm³/mol. The molecule has 2 fully saturated rings. The number of carbonyl (C=O) groups is 3. The van der Waals surface area contributed by atoms with Crippen molar-refractivity contribution in [2.24, 2.45) is 0 Å². The first kappa shape index (κ1) is 17.7. The molecule has 3 rings (SSSR count). The summed E-state index contributed by atoms with van der Waals surface area (Å²) in [5, 5.41) is 6.06. The molecular weight excluding hydrogens is 342 g/mol. The van der Waals surface area contributed by atoms with Crippen LogP contribution in [-0.4, -0.2) is 34.3 Å². The lowest BCUT2D eigenvalue weighted by atomic mass is 9.90. The first-order chi connectivity index (χ1) is 11.9. The first-order valence-corrected chi connectivity index (χ1v) is 9.03. The Labute approximate surface area is 151 Å². The van der Waals surface area contributed by atoms with Crippen LogP contribution in [0.5, 0.6) is 0 Å². The fourth-order valence-corrected chi connectivity index (χ4v) is 3.78. The number of urea groups is 1. The molecule has 1 aromatic rings. The van der Waals surface area contributed by atoms with Gasteiger partial charge in [0.2, 0.25) is 5.91 Å². The summed E-state index contributed by atoms with van der Waals surface area (Å²) in [6.45, 7) is 1.56. The number of benzene rings is 1. The molecule has 0 radical (unpaired) electrons. The van der Waals surface area contributed by atoms with Crippen LogP contribution >= 0.6 is 11.6 Å². The maximum absolute atomic E-state index is 12.9. The van der Waals surface area contributed by atoms with Crippen molar-refractivity contribution in [2.75, 3.05) is 5.32 Å². The number of anilines is 1. The normalized spacial score (nSPS) is 21.0. The zero-order chi connectivity index (χ0) is 18.0. The topological polar surface area (TPSA) is 78.5 Å². The molecule has 6 nitrogen and oxygen atoms in total. The van der Waals surface area contributed by atoms with Crippen LogP contribution in [0.2, 0.25) is 5.02 Å². The predicted octanol–water partition coefficient (Wildman–Crippen LogP) is 3.31. The van der Waals surface area contributed by atoms with Gasteiger partial charge in [-0.15, -0.1) is 0 Å². The Morgan fingerprint density at radius 2 is 1.92 bits per heavy atom. The quantitative estimate of drug-likeness (QED) is 0.808. The zero-order valence-corrected chi connectivity index (χ0v) is 14.9. The van der Waals surface area contributed by atoms with Gasteiger partial charge in [0.1, 0.15) is 11.6 Å². The highest BCUT2D eigenvalue weighted by Crippen LogP contribution is 2.33. The Morgan fingerprint density at radius 3 is 2.56 bits per heavy atom. The van der Waals surface area contributed by atoms with Gasteiger partial charge in [0, 0.05) is 10.7 Å². The number of hydrogen-bond acceptors (Lipinski definition) is 3. The number of amides is 4. The summed E-state index contributed by atoms with van der Waals surface area (Å²) >= 11 is 5.91. The molecule has 1 saturated heterocycles. The number of nitrogens with one attached hydrogen (secondary N) is 2. The standard InChI is InChI=1S/C18H22ClN3O3/c1-12(15(23)20-14-8-6-7-13(19)11-14)22-16(24)18(21-17(22)25)9-4-2-3-5-10-18/h6-8,11-12H,2-5,9-10H2,1H3,(H,20,23)(H,21,25)/t12-/m1/s1. The second-order valence-electron chi connectivity index (χ2n) is 6.78. The van der Waals surface area contributed by atoms with Crippen molar-refractivity contribution in [3.63, 3.8) is 0 Å². The number of halogens is 1. The fourth-order valence-electron chi connectivity index (χ4n) is 3.59. The summed E-state index contributed by atoms with van der Waals surface area (Å²) in [5.74, 6) is -0.704. The van der Waals surface area contributed by atoms with Crippen molar-refractivity contribution in [2.45, 2.75) is 57.0 Å². The van der Waals surface area contributed by atoms with Gasteiger partial charge < -0.3 is 10.6 Å². The van der Waals surface area contributed by atoms with Crippen LogP contribution < -0.4 is 10.6 Å². The van der Waals surface area contributed by atoms with E-state index in [1.807, 2.05) is 0 Å². The summed E-state index contributed by atoms with van der Waals surface area (Å²) in [5.41, 5.74) is -0.307. The molecule has 2 aliphatic rings. The summed E-state index contributed by atoms with van der Waals surface area (Å²) in [7, 11) is 0. The highest BCUT2D eigenvalue weighted by atomic mass is 35.5. The van der Waals surface area contributed by atoms with Gasteiger partial charge in [-0.25, -0.2) is 9.69 Å². The van der Waals surface area contributed by atoms with E-state index in [4.69, 9.17) is 11.6 Å². The van der Waals surface area contributed by atoms with Gasteiger partial charge in [0.05, 0.1) is 0 Å². The average Bonchev–Trinajstić information content (AvgIpc) is 2.72. The van der Waals surface area contributed by atoms with Gasteiger partial charge in [-0.05, 0) is 38.0 Å². The maximum Gasteiger partial charge on any atom is 0.325 e. The Hall–Kier alpha value is -2.08. The maximum atomic E-state index is 12.9. The van der Waals surface area contributed by atoms with Gasteiger partial charge in [0.15, 0.2) is 0 Å². The smallest absolute Gasteiger partial charge is 0.324 e. The average molecular weight is 364 g/mol. The van der Waals surface area contributed by atoms with Crippen molar-refractivity contribution >= 4 is 35.1 Å². The molecular formula is C18H22ClN3O3. The van der Waals surface area contributed by atoms with Crippen LogP contribution in [0.25, 0.3) is 0 Å². The molecule has 1 aliphatic heterocycles. The van der Waals surface area contributed by atoms with E-state index in [0.717, 1.165) is 30.6 Å². The van der Waals surface area contributed by atoms with Crippen LogP contribution in [-0.2, 0) is 9.59 Å². The molecule has 1 aromatic carbocycles. The van der Waals surface area contributed by atoms with Crippen LogP contribution in [0.3, 0.4) is 0 Å². The van der Waals surface area contributed by atoms with Crippen LogP contribution in [0.15, 0.2) is 24.3 Å². The Morgan fingerprint density at radius 1 is 1.24 bits per heavy atom. The second kappa shape index (κ2) is 7.04. The lowest BCUT2D eigenvalue weighted by Crippen LogP contribution is -2.49. The molecule has 1 atom stereocenters. The number of rotatable bonds is 3. The molecule has 0 aromatic heterocycles. The number of nitrogens with zero attached hydrogens (tertiary/aromatic N) is 1. The highest BCUT2D eigenvalue weighted by Gasteiger charge is 2.53. The lowest BCUT2D eigenvalue weighted by molar-refractivity contribution is -0.136. The molecule has 7 heteroatoms. The lowest BCUT2D eigenvalue weighted by Gasteiger charge is -2.26. The molecule has 1 aliphatic carbocycles. The van der Waals surface area contributed by atoms with E-state index in [-0.39, 0.29) is 5.91 Å². The van der Waals surface area contributed by atoms with Crippen molar-refractivity contribution in [3.8, 4) is 0 Å². The summed E-state index contributed by atoms with van der Waals surface area (Å²) in [6.07, 6.45) is 5.21. The third-order valence-electron chi connectivity index (χ3n) is 5.01. The fraction of sp³-hybridized carbons (Fsp3) is 0.500. The largest absolute Gasteiger partial charge is 0.325 e. The van der Waals surface area contributed by atoms with E-state index < -0.39 is 23.5 Å². The first-order valence-electron chi connectivity index (χ1n) is 8.65. The molecule has 1 saturated carbocycles. The van der Waals surface area contributed by atoms with Crippen LogP contribution in [0.4, 0.5) is 10.5 Å². The van der Waals surface area contributed by atoms with E-state index in [1.165, 1.54) is 0 Å². The number of carbonyl (C=O) groups excluding carboxylic acids is 3. The molecule has 4 amide bonds. The Bertz CT molecular complexity index is 699. The van der Waals surface area contributed by atoms with E-state index in [2.05, 4.69) is 10.6 Å². The summed E-state index contributed by atoms with van der Waals surface area (Å²) in [4.78, 5) is 38.9. The van der Waals surface area contributed by atoms with Gasteiger partial charge in [-0.1, -0.05) is 43.4 Å². The summed E-state index contributed by atoms with van der Waals surface area (Å²) in [6, 6.07) is 5.36. The van der Waals surface area contributed by atoms with Gasteiger partial charge in [-0.2, -0.15) is 0 Å². The van der Waals surface area contributed by atoms with Gasteiger partial charge >= 0.3 is 6.03 Å². The van der Waals surface area contributed by atoms with Crippen molar-refractivity contribution in [1.82, 2.24) is 10.2 Å². The van der Waals surface area contributed by atoms with Crippen LogP contribution in [0.1, 0.15) is 45.4 Å². The minimum absolute atomic E-state index is 0.284. The van der Waals surface area contributed by atoms with E-state index in [0.29, 0.717) is 23.6 Å². The monoisotopic (exact) mass is 363 g/mol. The van der Waals surface area contributed by atoms with Crippen molar-refractivity contribution in [3.05, 3.63) is 29.3 Å². The van der Waals surface area contributed by atoms with Gasteiger partial charge in [0.25, 0.3) is 5.91 Å². The highest BCUT2D eigenvalue weighted by molar-refractivity contribution is 6.30. The molecule has 0 unspecified atom stereocenters. The molecule has 25 heavy (non-hydrogen) atoms. The SMILES string of the molecule is C[C@H](C(=O)Nc1cccc(Cl)c1)N1C(=O)NC2(CCCCCC2)C1=O.